The number of fused-ring (bicyclic) bond motifs is 1. The number of halogens is 1. The number of carbonyl (C=O) groups is 1. The van der Waals surface area contributed by atoms with Crippen molar-refractivity contribution >= 4 is 34.1 Å². The quantitative estimate of drug-likeness (QED) is 0.101. The van der Waals surface area contributed by atoms with Crippen molar-refractivity contribution in [2.75, 3.05) is 64.1 Å². The fourth-order valence-corrected chi connectivity index (χ4v) is 6.49. The fraction of sp³-hybridized carbons (Fsp3) is 0.262. The van der Waals surface area contributed by atoms with Gasteiger partial charge in [0.05, 0.1) is 13.7 Å². The van der Waals surface area contributed by atoms with Crippen LogP contribution in [0.5, 0.6) is 23.1 Å². The van der Waals surface area contributed by atoms with E-state index in [1.54, 1.807) is 25.3 Å². The number of hydrogen-bond donors (Lipinski definition) is 3. The molecule has 0 spiro atoms. The zero-order chi connectivity index (χ0) is 37.6. The largest absolute Gasteiger partial charge is 0.493 e. The minimum absolute atomic E-state index is 0.0168. The van der Waals surface area contributed by atoms with Gasteiger partial charge in [-0.1, -0.05) is 30.3 Å². The highest BCUT2D eigenvalue weighted by Gasteiger charge is 2.21. The molecule has 0 aliphatic carbocycles. The fourth-order valence-electron chi connectivity index (χ4n) is 6.49. The zero-order valence-corrected chi connectivity index (χ0v) is 30.9. The molecule has 0 bridgehead atoms. The van der Waals surface area contributed by atoms with Gasteiger partial charge in [0.25, 0.3) is 5.91 Å². The number of para-hydroxylation sites is 1. The SMILES string of the molecule is COc1cc(-c2ccc3[nH]ccc3c2)ccc1Oc1nc(Nc2ccc(OCCCN3CCN(C)CC3)c(F)c2)ncc1C(=O)Nc1c(C)cccc1C. The summed E-state index contributed by atoms with van der Waals surface area (Å²) < 4.78 is 33.0. The van der Waals surface area contributed by atoms with E-state index in [0.29, 0.717) is 29.5 Å². The van der Waals surface area contributed by atoms with Crippen molar-refractivity contribution in [1.29, 1.82) is 0 Å². The zero-order valence-electron chi connectivity index (χ0n) is 30.9. The van der Waals surface area contributed by atoms with Crippen molar-refractivity contribution in [3.63, 3.8) is 0 Å². The Morgan fingerprint density at radius 1 is 0.907 bits per heavy atom. The first-order chi connectivity index (χ1) is 26.2. The lowest BCUT2D eigenvalue weighted by atomic mass is 10.0. The predicted molar refractivity (Wildman–Crippen MR) is 210 cm³/mol. The highest BCUT2D eigenvalue weighted by atomic mass is 19.1. The second kappa shape index (κ2) is 16.4. The molecule has 0 unspecified atom stereocenters. The number of aromatic amines is 1. The molecule has 1 saturated heterocycles. The number of H-pyrrole nitrogens is 1. The van der Waals surface area contributed by atoms with Gasteiger partial charge in [0.1, 0.15) is 5.56 Å². The molecule has 278 valence electrons. The van der Waals surface area contributed by atoms with Gasteiger partial charge in [-0.2, -0.15) is 4.98 Å². The number of carbonyl (C=O) groups excluding carboxylic acids is 1. The molecule has 3 heterocycles. The third-order valence-corrected chi connectivity index (χ3v) is 9.64. The molecule has 0 saturated carbocycles. The second-order valence-corrected chi connectivity index (χ2v) is 13.5. The first kappa shape index (κ1) is 36.4. The molecular weight excluding hydrogens is 686 g/mol. The summed E-state index contributed by atoms with van der Waals surface area (Å²) in [7, 11) is 3.69. The molecule has 1 amide bonds. The van der Waals surface area contributed by atoms with Crippen LogP contribution in [0.4, 0.5) is 21.7 Å². The lowest BCUT2D eigenvalue weighted by molar-refractivity contribution is 0.102. The molecule has 3 N–H and O–H groups in total. The van der Waals surface area contributed by atoms with Gasteiger partial charge in [0.2, 0.25) is 11.8 Å². The normalized spacial score (nSPS) is 13.5. The maximum Gasteiger partial charge on any atom is 0.262 e. The minimum atomic E-state index is -0.513. The van der Waals surface area contributed by atoms with Gasteiger partial charge in [-0.15, -0.1) is 0 Å². The van der Waals surface area contributed by atoms with Crippen LogP contribution in [-0.4, -0.2) is 84.1 Å². The summed E-state index contributed by atoms with van der Waals surface area (Å²) in [6.07, 6.45) is 4.09. The highest BCUT2D eigenvalue weighted by Crippen LogP contribution is 2.37. The summed E-state index contributed by atoms with van der Waals surface area (Å²) in [5.74, 6) is 0.0738. The molecule has 6 aromatic rings. The van der Waals surface area contributed by atoms with Crippen LogP contribution in [-0.2, 0) is 0 Å². The number of aromatic nitrogens is 3. The summed E-state index contributed by atoms with van der Waals surface area (Å²) >= 11 is 0. The second-order valence-electron chi connectivity index (χ2n) is 13.5. The van der Waals surface area contributed by atoms with Crippen LogP contribution in [0.3, 0.4) is 0 Å². The smallest absolute Gasteiger partial charge is 0.262 e. The average Bonchev–Trinajstić information content (AvgIpc) is 3.65. The molecule has 2 aromatic heterocycles. The van der Waals surface area contributed by atoms with E-state index in [1.807, 2.05) is 68.6 Å². The molecule has 12 heteroatoms. The Morgan fingerprint density at radius 3 is 2.44 bits per heavy atom. The number of likely N-dealkylation sites (N-methyl/N-ethyl adjacent to an activating group) is 1. The summed E-state index contributed by atoms with van der Waals surface area (Å²) in [4.78, 5) is 30.7. The van der Waals surface area contributed by atoms with E-state index in [0.717, 1.165) is 72.3 Å². The Labute approximate surface area is 314 Å². The van der Waals surface area contributed by atoms with E-state index in [4.69, 9.17) is 14.2 Å². The Morgan fingerprint density at radius 2 is 1.67 bits per heavy atom. The molecule has 1 aliphatic rings. The van der Waals surface area contributed by atoms with Gasteiger partial charge < -0.3 is 39.6 Å². The summed E-state index contributed by atoms with van der Waals surface area (Å²) in [6, 6.07) is 24.1. The molecule has 54 heavy (non-hydrogen) atoms. The molecule has 0 atom stereocenters. The van der Waals surface area contributed by atoms with Crippen LogP contribution in [0.1, 0.15) is 27.9 Å². The van der Waals surface area contributed by atoms with Gasteiger partial charge in [0.15, 0.2) is 23.1 Å². The van der Waals surface area contributed by atoms with Crippen LogP contribution in [0, 0.1) is 19.7 Å². The molecule has 0 radical (unpaired) electrons. The topological polar surface area (TPSA) is 117 Å². The third kappa shape index (κ3) is 8.46. The standard InChI is InChI=1S/C42H44FN7O4/c1-27-7-5-8-28(2)39(27)47-40(51)33-26-45-42(46-32-11-14-36(34(43)25-32)53-22-6-17-50-20-18-49(3)19-21-50)48-41(33)54-37-13-10-30(24-38(37)52-4)29-9-12-35-31(23-29)15-16-44-35/h5,7-16,23-26,44H,6,17-22H2,1-4H3,(H,47,51)(H,45,46,48). The van der Waals surface area contributed by atoms with E-state index in [1.165, 1.54) is 12.3 Å². The number of nitrogens with zero attached hydrogens (tertiary/aromatic N) is 4. The average molecular weight is 730 g/mol. The lowest BCUT2D eigenvalue weighted by Gasteiger charge is -2.32. The van der Waals surface area contributed by atoms with Crippen LogP contribution in [0.2, 0.25) is 0 Å². The monoisotopic (exact) mass is 729 g/mol. The third-order valence-electron chi connectivity index (χ3n) is 9.64. The number of aryl methyl sites for hydroxylation is 2. The van der Waals surface area contributed by atoms with Crippen molar-refractivity contribution in [2.24, 2.45) is 0 Å². The predicted octanol–water partition coefficient (Wildman–Crippen LogP) is 8.19. The van der Waals surface area contributed by atoms with Crippen LogP contribution < -0.4 is 24.8 Å². The summed E-state index contributed by atoms with van der Waals surface area (Å²) in [5, 5.41) is 7.13. The van der Waals surface area contributed by atoms with Crippen LogP contribution in [0.15, 0.2) is 91.3 Å². The lowest BCUT2D eigenvalue weighted by Crippen LogP contribution is -2.44. The van der Waals surface area contributed by atoms with Crippen molar-refractivity contribution in [2.45, 2.75) is 20.3 Å². The number of ether oxygens (including phenoxy) is 3. The van der Waals surface area contributed by atoms with Gasteiger partial charge >= 0.3 is 0 Å². The Hall–Kier alpha value is -5.98. The molecule has 11 nitrogen and oxygen atoms in total. The molecule has 7 rings (SSSR count). The van der Waals surface area contributed by atoms with Crippen molar-refractivity contribution in [3.8, 4) is 34.3 Å². The van der Waals surface area contributed by atoms with Gasteiger partial charge in [-0.3, -0.25) is 4.79 Å². The Bertz CT molecular complexity index is 2250. The van der Waals surface area contributed by atoms with E-state index in [-0.39, 0.29) is 23.1 Å². The van der Waals surface area contributed by atoms with E-state index in [9.17, 15) is 4.79 Å². The van der Waals surface area contributed by atoms with Crippen LogP contribution in [0.25, 0.3) is 22.0 Å². The van der Waals surface area contributed by atoms with E-state index >= 15 is 4.39 Å². The molecule has 4 aromatic carbocycles. The van der Waals surface area contributed by atoms with E-state index in [2.05, 4.69) is 48.5 Å². The van der Waals surface area contributed by atoms with Gasteiger partial charge in [0, 0.05) is 68.1 Å². The first-order valence-corrected chi connectivity index (χ1v) is 18.0. The van der Waals surface area contributed by atoms with Crippen molar-refractivity contribution < 1.29 is 23.4 Å². The summed E-state index contributed by atoms with van der Waals surface area (Å²) in [6.45, 7) is 9.35. The summed E-state index contributed by atoms with van der Waals surface area (Å²) in [5.41, 5.74) is 5.97. The van der Waals surface area contributed by atoms with Crippen molar-refractivity contribution in [1.82, 2.24) is 24.8 Å². The number of piperazine rings is 1. The molecule has 1 aliphatic heterocycles. The number of anilines is 3. The van der Waals surface area contributed by atoms with Gasteiger partial charge in [-0.05, 0) is 97.4 Å². The number of methoxy groups -OCH3 is 1. The highest BCUT2D eigenvalue weighted by molar-refractivity contribution is 6.06. The number of benzene rings is 4. The number of hydrogen-bond acceptors (Lipinski definition) is 9. The van der Waals surface area contributed by atoms with Gasteiger partial charge in [-0.25, -0.2) is 9.37 Å². The molecule has 1 fully saturated rings. The minimum Gasteiger partial charge on any atom is -0.493 e. The number of amides is 1. The van der Waals surface area contributed by atoms with Crippen molar-refractivity contribution in [3.05, 3.63) is 114 Å². The van der Waals surface area contributed by atoms with Crippen LogP contribution >= 0.6 is 0 Å². The number of nitrogens with one attached hydrogen (secondary N) is 3. The Kier molecular flexibility index (Phi) is 11.0. The molecular formula is C42H44FN7O4. The van der Waals surface area contributed by atoms with E-state index < -0.39 is 11.7 Å². The first-order valence-electron chi connectivity index (χ1n) is 18.0. The number of rotatable bonds is 13. The maximum atomic E-state index is 15.2. The maximum absolute atomic E-state index is 15.2. The Balaban J connectivity index is 1.11.